The number of hydrogen-bond donors (Lipinski definition) is 0. The van der Waals surface area contributed by atoms with E-state index in [-0.39, 0.29) is 23.8 Å². The molecule has 41 heavy (non-hydrogen) atoms. The summed E-state index contributed by atoms with van der Waals surface area (Å²) in [6, 6.07) is 0. The van der Waals surface area contributed by atoms with Gasteiger partial charge in [-0.25, -0.2) is 0 Å². The van der Waals surface area contributed by atoms with Gasteiger partial charge in [0.25, 0.3) is 0 Å². The summed E-state index contributed by atoms with van der Waals surface area (Å²) < 4.78 is 2.81. The van der Waals surface area contributed by atoms with Crippen molar-refractivity contribution in [1.29, 1.82) is 0 Å². The van der Waals surface area contributed by atoms with Gasteiger partial charge in [0, 0.05) is 0 Å². The number of rotatable bonds is 6. The van der Waals surface area contributed by atoms with E-state index in [1.54, 1.807) is 18.5 Å². The Bertz CT molecular complexity index is 1560. The van der Waals surface area contributed by atoms with Crippen LogP contribution in [0.2, 0.25) is 46.7 Å². The SMILES string of the molecule is CC(C)(C)P(C[C]12[CH]3[CH]4[C]5(CP(C(C)(C)C)C(C)(C)C)[C]1(CP(C(C)(C)C)C(C)(C)C)[Fe]34251678[CH]2[CH]1[CH]6[CH]7[CH]28)C(C)(C)C. The van der Waals surface area contributed by atoms with Gasteiger partial charge >= 0.3 is 251 Å². The Hall–Kier alpha value is 1.81. The second-order valence-corrected chi connectivity index (χ2v) is 59.8. The quantitative estimate of drug-likeness (QED) is 0.196. The molecule has 0 aromatic carbocycles. The van der Waals surface area contributed by atoms with Crippen LogP contribution >= 0.6 is 23.8 Å². The van der Waals surface area contributed by atoms with E-state index in [9.17, 15) is 0 Å². The van der Waals surface area contributed by atoms with Gasteiger partial charge in [-0.05, 0) is 0 Å². The molecule has 0 radical (unpaired) electrons. The molecule has 0 bridgehead atoms. The van der Waals surface area contributed by atoms with Gasteiger partial charge in [0.2, 0.25) is 0 Å². The van der Waals surface area contributed by atoms with Crippen LogP contribution in [0.25, 0.3) is 0 Å². The standard InChI is InChI=1S/C32H62P3.C5H5.Fe/c1-27(2,3)33(28(4,5)6)21-24-19-20-25(22-34(29(7,8)9)30(10,11)12)26(24)23-35(31(13,14)15)32(16,17)18;1-2-4-5-3-1;/h19-20H,21-23H2,1-18H3;1-5H;. The van der Waals surface area contributed by atoms with E-state index < -0.39 is 6.51 Å². The van der Waals surface area contributed by atoms with Gasteiger partial charge < -0.3 is 0 Å². The molecular formula is C37H67FeP3. The zero-order chi connectivity index (χ0) is 30.7. The second kappa shape index (κ2) is 3.89. The molecule has 0 aromatic rings. The first-order valence-corrected chi connectivity index (χ1v) is 28.1. The maximum absolute atomic E-state index is 3.84. The fourth-order valence-electron chi connectivity index (χ4n) is 24.8. The van der Waals surface area contributed by atoms with E-state index in [0.717, 1.165) is 12.9 Å². The van der Waals surface area contributed by atoms with Crippen LogP contribution in [0, 0.1) is 0 Å². The van der Waals surface area contributed by atoms with Crippen molar-refractivity contribution < 1.29 is 6.51 Å². The normalized spacial score (nSPS) is 63.2. The fraction of sp³-hybridized carbons (Fsp3) is 1.00. The van der Waals surface area contributed by atoms with Gasteiger partial charge in [0.15, 0.2) is 0 Å². The zero-order valence-electron chi connectivity index (χ0n) is 30.4. The Kier molecular flexibility index (Phi) is 2.64. The van der Waals surface area contributed by atoms with Gasteiger partial charge in [-0.1, -0.05) is 0 Å². The monoisotopic (exact) mass is 660 g/mol. The van der Waals surface area contributed by atoms with Crippen LogP contribution in [-0.2, 0) is 6.51 Å². The summed E-state index contributed by atoms with van der Waals surface area (Å²) in [4.78, 5) is 9.68. The molecule has 0 nitrogen and oxygen atoms in total. The maximum atomic E-state index is 2.67. The Balaban J connectivity index is 1.23. The topological polar surface area (TPSA) is 0 Å². The Morgan fingerprint density at radius 2 is 0.610 bits per heavy atom. The summed E-state index contributed by atoms with van der Waals surface area (Å²) in [7, 11) is -0.0299. The molecule has 10 saturated heterocycles. The molecule has 0 aromatic heterocycles. The number of fused-ring (bicyclic) bond motifs is 10. The van der Waals surface area contributed by atoms with Gasteiger partial charge in [-0.15, -0.1) is 0 Å². The van der Waals surface area contributed by atoms with Crippen molar-refractivity contribution in [1.82, 2.24) is 0 Å². The molecule has 10 heterocycles. The van der Waals surface area contributed by atoms with Crippen molar-refractivity contribution >= 4 is 23.8 Å². The van der Waals surface area contributed by atoms with Crippen LogP contribution in [0.15, 0.2) is 0 Å². The summed E-state index contributed by atoms with van der Waals surface area (Å²) in [6.07, 6.45) is 5.22. The molecule has 0 aliphatic carbocycles. The van der Waals surface area contributed by atoms with Gasteiger partial charge in [0.05, 0.1) is 0 Å². The third-order valence-corrected chi connectivity index (χ3v) is 80.0. The van der Waals surface area contributed by atoms with Gasteiger partial charge in [-0.2, -0.15) is 0 Å². The average Bonchev–Trinajstić information content (AvgIpc) is 3.64. The van der Waals surface area contributed by atoms with Crippen LogP contribution in [0.3, 0.4) is 0 Å². The first-order chi connectivity index (χ1) is 17.8. The van der Waals surface area contributed by atoms with Crippen molar-refractivity contribution in [2.75, 3.05) is 18.5 Å². The Morgan fingerprint density at radius 1 is 0.390 bits per heavy atom. The van der Waals surface area contributed by atoms with Crippen molar-refractivity contribution in [3.63, 3.8) is 0 Å². The molecule has 10 rings (SSSR count). The summed E-state index contributed by atoms with van der Waals surface area (Å²) in [5.74, 6) is 0. The van der Waals surface area contributed by atoms with Gasteiger partial charge in [-0.3, -0.25) is 0 Å². The molecule has 238 valence electrons. The van der Waals surface area contributed by atoms with Crippen LogP contribution in [0.1, 0.15) is 125 Å². The minimum atomic E-state index is -3.84. The molecule has 10 aliphatic rings. The predicted octanol–water partition coefficient (Wildman–Crippen LogP) is 13.7. The molecule has 0 N–H and O–H groups in total. The van der Waals surface area contributed by atoms with E-state index in [1.807, 2.05) is 0 Å². The molecule has 1 spiro atoms. The van der Waals surface area contributed by atoms with Crippen molar-refractivity contribution in [2.24, 2.45) is 0 Å². The third kappa shape index (κ3) is 0.768. The summed E-state index contributed by atoms with van der Waals surface area (Å²) >= 11 is 0. The molecule has 0 saturated carbocycles. The Labute approximate surface area is 249 Å². The van der Waals surface area contributed by atoms with Crippen LogP contribution < -0.4 is 0 Å². The number of hydrogen-bond acceptors (Lipinski definition) is 0. The van der Waals surface area contributed by atoms with E-state index in [1.165, 1.54) is 33.7 Å². The molecule has 4 unspecified atom stereocenters. The van der Waals surface area contributed by atoms with Crippen molar-refractivity contribution in [3.8, 4) is 0 Å². The fourth-order valence-corrected chi connectivity index (χ4v) is 125. The minimum absolute atomic E-state index is 0.00222. The molecule has 4 atom stereocenters. The molecular weight excluding hydrogens is 593 g/mol. The second-order valence-electron chi connectivity index (χ2n) is 25.0. The van der Waals surface area contributed by atoms with Crippen LogP contribution in [0.4, 0.5) is 0 Å². The van der Waals surface area contributed by atoms with Crippen LogP contribution in [0.5, 0.6) is 0 Å². The Morgan fingerprint density at radius 3 is 0.805 bits per heavy atom. The first kappa shape index (κ1) is 27.9. The molecule has 4 heteroatoms. The summed E-state index contributed by atoms with van der Waals surface area (Å²) in [6.45, 7) is 44.1. The summed E-state index contributed by atoms with van der Waals surface area (Å²) in [5.41, 5.74) is 0. The van der Waals surface area contributed by atoms with Crippen molar-refractivity contribution in [2.45, 2.75) is 202 Å². The van der Waals surface area contributed by atoms with Crippen LogP contribution in [-0.4, -0.2) is 49.4 Å². The van der Waals surface area contributed by atoms with E-state index in [0.29, 0.717) is 30.9 Å². The third-order valence-electron chi connectivity index (χ3n) is 22.0. The summed E-state index contributed by atoms with van der Waals surface area (Å²) in [5, 5.41) is 2.84. The molecule has 0 amide bonds. The molecule has 10 aliphatic heterocycles. The predicted molar refractivity (Wildman–Crippen MR) is 188 cm³/mol. The van der Waals surface area contributed by atoms with E-state index >= 15 is 0 Å². The first-order valence-electron chi connectivity index (χ1n) is 17.4. The zero-order valence-corrected chi connectivity index (χ0v) is 34.1. The van der Waals surface area contributed by atoms with E-state index in [4.69, 9.17) is 0 Å². The molecule has 10 fully saturated rings. The van der Waals surface area contributed by atoms with Gasteiger partial charge in [0.1, 0.15) is 0 Å². The van der Waals surface area contributed by atoms with E-state index in [2.05, 4.69) is 125 Å². The van der Waals surface area contributed by atoms with Crippen molar-refractivity contribution in [3.05, 3.63) is 0 Å². The average molecular weight is 661 g/mol.